The maximum Gasteiger partial charge on any atom is 0.336 e. The van der Waals surface area contributed by atoms with Gasteiger partial charge in [0.15, 0.2) is 11.5 Å². The van der Waals surface area contributed by atoms with Crippen LogP contribution in [-0.4, -0.2) is 37.7 Å². The predicted molar refractivity (Wildman–Crippen MR) is 90.3 cm³/mol. The molecule has 0 fully saturated rings. The molecule has 5 nitrogen and oxygen atoms in total. The van der Waals surface area contributed by atoms with Crippen molar-refractivity contribution >= 4 is 17.0 Å². The van der Waals surface area contributed by atoms with Crippen LogP contribution >= 0.6 is 0 Å². The van der Waals surface area contributed by atoms with Crippen molar-refractivity contribution in [3.05, 3.63) is 40.3 Å². The first kappa shape index (κ1) is 15.6. The molecule has 0 radical (unpaired) electrons. The Kier molecular flexibility index (Phi) is 3.90. The standard InChI is InChI=1S/C18H21NO4/c1-18(2)8-7-13-16-12(5-6-15(20)22-16)11-14(17(13)23-18)21-10-9-19(3)4/h5-8,11H,9-10H2,1-4H3. The summed E-state index contributed by atoms with van der Waals surface area (Å²) in [4.78, 5) is 13.6. The second-order valence-electron chi connectivity index (χ2n) is 6.48. The summed E-state index contributed by atoms with van der Waals surface area (Å²) in [5.74, 6) is 1.29. The van der Waals surface area contributed by atoms with E-state index < -0.39 is 5.60 Å². The predicted octanol–water partition coefficient (Wildman–Crippen LogP) is 2.92. The summed E-state index contributed by atoms with van der Waals surface area (Å²) in [5.41, 5.74) is 0.466. The zero-order valence-corrected chi connectivity index (χ0v) is 13.9. The Morgan fingerprint density at radius 2 is 2.04 bits per heavy atom. The molecule has 0 saturated carbocycles. The Morgan fingerprint density at radius 3 is 2.78 bits per heavy atom. The molecule has 122 valence electrons. The van der Waals surface area contributed by atoms with Crippen molar-refractivity contribution in [3.63, 3.8) is 0 Å². The molecule has 0 saturated heterocycles. The Balaban J connectivity index is 2.11. The lowest BCUT2D eigenvalue weighted by atomic mass is 10.00. The maximum absolute atomic E-state index is 11.6. The molecule has 0 amide bonds. The molecule has 0 unspecified atom stereocenters. The summed E-state index contributed by atoms with van der Waals surface area (Å²) in [6, 6.07) is 5.02. The molecule has 1 aromatic heterocycles. The Hall–Kier alpha value is -2.27. The normalized spacial score (nSPS) is 15.5. The fraction of sp³-hybridized carbons (Fsp3) is 0.389. The van der Waals surface area contributed by atoms with Crippen LogP contribution in [0.1, 0.15) is 19.4 Å². The largest absolute Gasteiger partial charge is 0.488 e. The van der Waals surface area contributed by atoms with E-state index in [4.69, 9.17) is 13.9 Å². The van der Waals surface area contributed by atoms with E-state index in [1.807, 2.05) is 46.2 Å². The molecule has 23 heavy (non-hydrogen) atoms. The van der Waals surface area contributed by atoms with Gasteiger partial charge < -0.3 is 18.8 Å². The fourth-order valence-corrected chi connectivity index (χ4v) is 2.48. The van der Waals surface area contributed by atoms with Gasteiger partial charge in [-0.15, -0.1) is 0 Å². The molecule has 3 rings (SSSR count). The zero-order chi connectivity index (χ0) is 16.6. The average molecular weight is 315 g/mol. The molecule has 0 spiro atoms. The van der Waals surface area contributed by atoms with Crippen molar-refractivity contribution in [2.24, 2.45) is 0 Å². The summed E-state index contributed by atoms with van der Waals surface area (Å²) < 4.78 is 17.4. The van der Waals surface area contributed by atoms with Crippen molar-refractivity contribution < 1.29 is 13.9 Å². The van der Waals surface area contributed by atoms with Crippen LogP contribution in [0.2, 0.25) is 0 Å². The topological polar surface area (TPSA) is 51.9 Å². The fourth-order valence-electron chi connectivity index (χ4n) is 2.48. The SMILES string of the molecule is CN(C)CCOc1cc2ccc(=O)oc2c2c1OC(C)(C)C=C2. The van der Waals surface area contributed by atoms with E-state index in [0.717, 1.165) is 17.5 Å². The van der Waals surface area contributed by atoms with E-state index >= 15 is 0 Å². The number of fused-ring (bicyclic) bond motifs is 3. The first-order valence-electron chi connectivity index (χ1n) is 7.62. The van der Waals surface area contributed by atoms with Crippen LogP contribution in [0.5, 0.6) is 11.5 Å². The number of hydrogen-bond donors (Lipinski definition) is 0. The number of ether oxygens (including phenoxy) is 2. The van der Waals surface area contributed by atoms with Crippen LogP contribution in [0.4, 0.5) is 0 Å². The molecule has 0 aliphatic carbocycles. The summed E-state index contributed by atoms with van der Waals surface area (Å²) >= 11 is 0. The minimum Gasteiger partial charge on any atom is -0.488 e. The van der Waals surface area contributed by atoms with Crippen LogP contribution in [0.3, 0.4) is 0 Å². The maximum atomic E-state index is 11.6. The Labute approximate surface area is 135 Å². The third-order valence-electron chi connectivity index (χ3n) is 3.68. The van der Waals surface area contributed by atoms with E-state index in [9.17, 15) is 4.79 Å². The van der Waals surface area contributed by atoms with Gasteiger partial charge in [-0.25, -0.2) is 4.79 Å². The second kappa shape index (κ2) is 5.74. The number of rotatable bonds is 4. The lowest BCUT2D eigenvalue weighted by molar-refractivity contribution is 0.147. The van der Waals surface area contributed by atoms with Crippen LogP contribution < -0.4 is 15.1 Å². The van der Waals surface area contributed by atoms with E-state index in [-0.39, 0.29) is 5.63 Å². The van der Waals surface area contributed by atoms with Gasteiger partial charge in [0.05, 0.1) is 5.56 Å². The van der Waals surface area contributed by atoms with Crippen LogP contribution in [0, 0.1) is 0 Å². The van der Waals surface area contributed by atoms with Crippen molar-refractivity contribution in [2.75, 3.05) is 27.2 Å². The number of likely N-dealkylation sites (N-methyl/N-ethyl adjacent to an activating group) is 1. The number of nitrogens with zero attached hydrogens (tertiary/aromatic N) is 1. The first-order chi connectivity index (χ1) is 10.9. The minimum atomic E-state index is -0.435. The van der Waals surface area contributed by atoms with Crippen LogP contribution in [0.15, 0.2) is 33.5 Å². The molecule has 1 aliphatic rings. The van der Waals surface area contributed by atoms with E-state index in [2.05, 4.69) is 4.90 Å². The van der Waals surface area contributed by atoms with E-state index in [0.29, 0.717) is 23.7 Å². The quantitative estimate of drug-likeness (QED) is 0.812. The highest BCUT2D eigenvalue weighted by molar-refractivity contribution is 5.91. The van der Waals surface area contributed by atoms with Gasteiger partial charge in [0.2, 0.25) is 0 Å². The third-order valence-corrected chi connectivity index (χ3v) is 3.68. The summed E-state index contributed by atoms with van der Waals surface area (Å²) in [7, 11) is 3.99. The summed E-state index contributed by atoms with van der Waals surface area (Å²) in [6.07, 6.45) is 3.88. The van der Waals surface area contributed by atoms with Crippen LogP contribution in [0.25, 0.3) is 17.0 Å². The van der Waals surface area contributed by atoms with Gasteiger partial charge in [0.25, 0.3) is 0 Å². The van der Waals surface area contributed by atoms with Crippen molar-refractivity contribution in [2.45, 2.75) is 19.4 Å². The average Bonchev–Trinajstić information content (AvgIpc) is 2.46. The number of benzene rings is 1. The molecular formula is C18H21NO4. The van der Waals surface area contributed by atoms with Crippen LogP contribution in [-0.2, 0) is 0 Å². The Bertz CT molecular complexity index is 818. The zero-order valence-electron chi connectivity index (χ0n) is 13.9. The molecule has 1 aliphatic heterocycles. The lowest BCUT2D eigenvalue weighted by Gasteiger charge is -2.29. The van der Waals surface area contributed by atoms with E-state index in [1.165, 1.54) is 6.07 Å². The van der Waals surface area contributed by atoms with Gasteiger partial charge in [-0.2, -0.15) is 0 Å². The van der Waals surface area contributed by atoms with Gasteiger partial charge in [0.1, 0.15) is 17.8 Å². The minimum absolute atomic E-state index is 0.376. The molecular weight excluding hydrogens is 294 g/mol. The summed E-state index contributed by atoms with van der Waals surface area (Å²) in [5, 5.41) is 0.816. The third kappa shape index (κ3) is 3.24. The molecule has 5 heteroatoms. The summed E-state index contributed by atoms with van der Waals surface area (Å²) in [6.45, 7) is 5.30. The Morgan fingerprint density at radius 1 is 1.26 bits per heavy atom. The van der Waals surface area contributed by atoms with Crippen molar-refractivity contribution in [3.8, 4) is 11.5 Å². The van der Waals surface area contributed by atoms with Gasteiger partial charge in [-0.3, -0.25) is 0 Å². The monoisotopic (exact) mass is 315 g/mol. The molecule has 2 heterocycles. The first-order valence-corrected chi connectivity index (χ1v) is 7.62. The van der Waals surface area contributed by atoms with Gasteiger partial charge in [-0.05, 0) is 52.2 Å². The number of hydrogen-bond acceptors (Lipinski definition) is 5. The van der Waals surface area contributed by atoms with Crippen molar-refractivity contribution in [1.29, 1.82) is 0 Å². The van der Waals surface area contributed by atoms with Crippen molar-refractivity contribution in [1.82, 2.24) is 4.90 Å². The van der Waals surface area contributed by atoms with E-state index in [1.54, 1.807) is 6.07 Å². The molecule has 0 bridgehead atoms. The lowest BCUT2D eigenvalue weighted by Crippen LogP contribution is -2.28. The second-order valence-corrected chi connectivity index (χ2v) is 6.48. The molecule has 0 atom stereocenters. The molecule has 0 N–H and O–H groups in total. The highest BCUT2D eigenvalue weighted by Gasteiger charge is 2.27. The highest BCUT2D eigenvalue weighted by Crippen LogP contribution is 2.43. The van der Waals surface area contributed by atoms with Gasteiger partial charge in [0, 0.05) is 18.0 Å². The smallest absolute Gasteiger partial charge is 0.336 e. The van der Waals surface area contributed by atoms with Gasteiger partial charge >= 0.3 is 5.63 Å². The molecule has 1 aromatic carbocycles. The molecule has 2 aromatic rings. The van der Waals surface area contributed by atoms with Gasteiger partial charge in [-0.1, -0.05) is 0 Å². The highest BCUT2D eigenvalue weighted by atomic mass is 16.5.